The van der Waals surface area contributed by atoms with E-state index in [0.29, 0.717) is 5.13 Å². The second kappa shape index (κ2) is 5.35. The van der Waals surface area contributed by atoms with Crippen LogP contribution in [0.15, 0.2) is 17.1 Å². The van der Waals surface area contributed by atoms with Gasteiger partial charge in [-0.3, -0.25) is 0 Å². The van der Waals surface area contributed by atoms with Crippen molar-refractivity contribution in [2.45, 2.75) is 0 Å². The fourth-order valence-corrected chi connectivity index (χ4v) is 1.77. The van der Waals surface area contributed by atoms with Crippen LogP contribution in [0.1, 0.15) is 0 Å². The van der Waals surface area contributed by atoms with Crippen LogP contribution in [0.3, 0.4) is 0 Å². The lowest BCUT2D eigenvalue weighted by Crippen LogP contribution is -2.06. The van der Waals surface area contributed by atoms with Crippen molar-refractivity contribution in [2.75, 3.05) is 14.1 Å². The zero-order chi connectivity index (χ0) is 14.0. The third-order valence-corrected chi connectivity index (χ3v) is 2.68. The van der Waals surface area contributed by atoms with E-state index in [2.05, 4.69) is 14.3 Å². The van der Waals surface area contributed by atoms with Crippen molar-refractivity contribution in [3.8, 4) is 11.4 Å². The highest BCUT2D eigenvalue weighted by molar-refractivity contribution is 7.09. The number of nitrogens with zero attached hydrogens (tertiary/aromatic N) is 4. The predicted octanol–water partition coefficient (Wildman–Crippen LogP) is 2.84. The van der Waals surface area contributed by atoms with Gasteiger partial charge in [-0.1, -0.05) is 0 Å². The van der Waals surface area contributed by atoms with Gasteiger partial charge in [-0.15, -0.1) is 0 Å². The van der Waals surface area contributed by atoms with Crippen LogP contribution in [0.2, 0.25) is 0 Å². The quantitative estimate of drug-likeness (QED) is 0.495. The highest BCUT2D eigenvalue weighted by atomic mass is 32.1. The van der Waals surface area contributed by atoms with Gasteiger partial charge in [0.05, 0.1) is 6.34 Å². The van der Waals surface area contributed by atoms with Gasteiger partial charge in [0.25, 0.3) is 0 Å². The largest absolute Gasteiger partial charge is 0.369 e. The van der Waals surface area contributed by atoms with Crippen molar-refractivity contribution < 1.29 is 13.2 Å². The maximum atomic E-state index is 13.1. The molecule has 0 aliphatic rings. The first kappa shape index (κ1) is 13.5. The standard InChI is InChI=1S/C11H9F3N4S/c1-18(2)5-15-11-16-10(17-19-11)6-3-7(12)9(14)8(13)4-6/h3-5H,1-2H3/b15-5-. The van der Waals surface area contributed by atoms with Crippen LogP contribution < -0.4 is 0 Å². The molecule has 0 amide bonds. The molecule has 0 N–H and O–H groups in total. The molecule has 0 atom stereocenters. The molecule has 0 unspecified atom stereocenters. The molecule has 0 aliphatic carbocycles. The molecule has 8 heteroatoms. The molecule has 1 aromatic heterocycles. The smallest absolute Gasteiger partial charge is 0.230 e. The normalized spacial score (nSPS) is 11.2. The molecule has 0 saturated heterocycles. The Morgan fingerprint density at radius 1 is 1.21 bits per heavy atom. The van der Waals surface area contributed by atoms with Crippen LogP contribution >= 0.6 is 11.5 Å². The molecule has 100 valence electrons. The van der Waals surface area contributed by atoms with E-state index in [1.54, 1.807) is 19.0 Å². The fraction of sp³-hybridized carbons (Fsp3) is 0.182. The number of benzene rings is 1. The van der Waals surface area contributed by atoms with Crippen LogP contribution in [0, 0.1) is 17.5 Å². The Labute approximate surface area is 111 Å². The summed E-state index contributed by atoms with van der Waals surface area (Å²) in [6.45, 7) is 0. The molecule has 0 aliphatic heterocycles. The van der Waals surface area contributed by atoms with Gasteiger partial charge in [0.15, 0.2) is 23.3 Å². The average molecular weight is 286 g/mol. The predicted molar refractivity (Wildman–Crippen MR) is 67.1 cm³/mol. The highest BCUT2D eigenvalue weighted by Crippen LogP contribution is 2.25. The molecule has 19 heavy (non-hydrogen) atoms. The van der Waals surface area contributed by atoms with Crippen molar-refractivity contribution in [1.82, 2.24) is 14.3 Å². The second-order valence-electron chi connectivity index (χ2n) is 3.86. The number of aromatic nitrogens is 2. The first-order valence-electron chi connectivity index (χ1n) is 5.16. The Bertz CT molecular complexity index is 601. The van der Waals surface area contributed by atoms with Gasteiger partial charge in [0.1, 0.15) is 0 Å². The summed E-state index contributed by atoms with van der Waals surface area (Å²) in [4.78, 5) is 9.70. The van der Waals surface area contributed by atoms with Crippen molar-refractivity contribution in [3.05, 3.63) is 29.6 Å². The minimum atomic E-state index is -1.51. The molecular weight excluding hydrogens is 277 g/mol. The van der Waals surface area contributed by atoms with Gasteiger partial charge in [-0.05, 0) is 12.1 Å². The van der Waals surface area contributed by atoms with Crippen LogP contribution in [0.4, 0.5) is 18.3 Å². The summed E-state index contributed by atoms with van der Waals surface area (Å²) in [5, 5.41) is 0.342. The monoisotopic (exact) mass is 286 g/mol. The summed E-state index contributed by atoms with van der Waals surface area (Å²) in [6.07, 6.45) is 1.52. The summed E-state index contributed by atoms with van der Waals surface area (Å²) < 4.78 is 42.9. The Morgan fingerprint density at radius 2 is 1.84 bits per heavy atom. The summed E-state index contributed by atoms with van der Waals surface area (Å²) in [5.74, 6) is -3.95. The van der Waals surface area contributed by atoms with E-state index in [1.807, 2.05) is 0 Å². The zero-order valence-electron chi connectivity index (χ0n) is 10.1. The zero-order valence-corrected chi connectivity index (χ0v) is 10.9. The van der Waals surface area contributed by atoms with Gasteiger partial charge in [0, 0.05) is 31.2 Å². The lowest BCUT2D eigenvalue weighted by Gasteiger charge is -2.00. The molecule has 1 heterocycles. The Morgan fingerprint density at radius 3 is 2.42 bits per heavy atom. The summed E-state index contributed by atoms with van der Waals surface area (Å²) in [7, 11) is 3.58. The van der Waals surface area contributed by atoms with E-state index in [0.717, 1.165) is 23.7 Å². The molecule has 4 nitrogen and oxygen atoms in total. The third-order valence-electron chi connectivity index (χ3n) is 2.06. The molecular formula is C11H9F3N4S. The number of hydrogen-bond donors (Lipinski definition) is 0. The molecule has 0 fully saturated rings. The average Bonchev–Trinajstić information content (AvgIpc) is 2.81. The van der Waals surface area contributed by atoms with Crippen molar-refractivity contribution in [2.24, 2.45) is 4.99 Å². The summed E-state index contributed by atoms with van der Waals surface area (Å²) >= 11 is 0.978. The maximum absolute atomic E-state index is 13.1. The van der Waals surface area contributed by atoms with Crippen molar-refractivity contribution >= 4 is 23.0 Å². The molecule has 0 bridgehead atoms. The van der Waals surface area contributed by atoms with Crippen molar-refractivity contribution in [1.29, 1.82) is 0 Å². The topological polar surface area (TPSA) is 41.4 Å². The number of hydrogen-bond acceptors (Lipinski definition) is 4. The lowest BCUT2D eigenvalue weighted by atomic mass is 10.2. The van der Waals surface area contributed by atoms with Gasteiger partial charge in [-0.25, -0.2) is 18.2 Å². The van der Waals surface area contributed by atoms with Crippen molar-refractivity contribution in [3.63, 3.8) is 0 Å². The number of halogens is 3. The van der Waals surface area contributed by atoms with Gasteiger partial charge in [-0.2, -0.15) is 9.36 Å². The van der Waals surface area contributed by atoms with E-state index in [9.17, 15) is 13.2 Å². The van der Waals surface area contributed by atoms with E-state index in [1.165, 1.54) is 6.34 Å². The third kappa shape index (κ3) is 3.08. The molecule has 0 spiro atoms. The Hall–Kier alpha value is -1.96. The first-order chi connectivity index (χ1) is 8.97. The minimum Gasteiger partial charge on any atom is -0.369 e. The lowest BCUT2D eigenvalue weighted by molar-refractivity contribution is 0.447. The van der Waals surface area contributed by atoms with Crippen LogP contribution in [0.5, 0.6) is 0 Å². The first-order valence-corrected chi connectivity index (χ1v) is 5.94. The van der Waals surface area contributed by atoms with Gasteiger partial charge >= 0.3 is 0 Å². The number of rotatable bonds is 3. The second-order valence-corrected chi connectivity index (χ2v) is 4.59. The van der Waals surface area contributed by atoms with E-state index >= 15 is 0 Å². The Kier molecular flexibility index (Phi) is 3.79. The highest BCUT2D eigenvalue weighted by Gasteiger charge is 2.14. The van der Waals surface area contributed by atoms with Crippen LogP contribution in [-0.4, -0.2) is 34.7 Å². The maximum Gasteiger partial charge on any atom is 0.230 e. The van der Waals surface area contributed by atoms with E-state index in [4.69, 9.17) is 0 Å². The SMILES string of the molecule is CN(C)/C=N\c1nc(-c2cc(F)c(F)c(F)c2)ns1. The van der Waals surface area contributed by atoms with Gasteiger partial charge < -0.3 is 4.90 Å². The fourth-order valence-electron chi connectivity index (χ4n) is 1.23. The van der Waals surface area contributed by atoms with Crippen LogP contribution in [0.25, 0.3) is 11.4 Å². The number of aliphatic imine (C=N–C) groups is 1. The van der Waals surface area contributed by atoms with E-state index in [-0.39, 0.29) is 11.4 Å². The van der Waals surface area contributed by atoms with E-state index < -0.39 is 17.5 Å². The summed E-state index contributed by atoms with van der Waals surface area (Å²) in [6, 6.07) is 1.69. The molecule has 1 aromatic carbocycles. The molecule has 0 radical (unpaired) electrons. The van der Waals surface area contributed by atoms with Crippen LogP contribution in [-0.2, 0) is 0 Å². The molecule has 2 aromatic rings. The summed E-state index contributed by atoms with van der Waals surface area (Å²) in [5.41, 5.74) is 0.0685. The molecule has 2 rings (SSSR count). The molecule has 0 saturated carbocycles. The van der Waals surface area contributed by atoms with Gasteiger partial charge in [0.2, 0.25) is 5.13 Å². The Balaban J connectivity index is 2.33. The minimum absolute atomic E-state index is 0.0685.